The van der Waals surface area contributed by atoms with Gasteiger partial charge in [0.1, 0.15) is 18.2 Å². The van der Waals surface area contributed by atoms with Crippen molar-refractivity contribution in [3.05, 3.63) is 24.0 Å². The molecule has 2 aliphatic heterocycles. The molecule has 80 valence electrons. The van der Waals surface area contributed by atoms with E-state index in [2.05, 4.69) is 10.2 Å². The minimum absolute atomic E-state index is 0.198. The second kappa shape index (κ2) is 3.38. The molecule has 0 saturated carbocycles. The largest absolute Gasteiger partial charge is 0.489 e. The molecule has 1 aromatic rings. The fourth-order valence-electron chi connectivity index (χ4n) is 2.25. The predicted molar refractivity (Wildman–Crippen MR) is 55.9 cm³/mol. The predicted octanol–water partition coefficient (Wildman–Crippen LogP) is 0.996. The Labute approximate surface area is 87.8 Å². The number of piperazine rings is 1. The van der Waals surface area contributed by atoms with Gasteiger partial charge in [-0.15, -0.1) is 0 Å². The van der Waals surface area contributed by atoms with E-state index in [-0.39, 0.29) is 5.82 Å². The van der Waals surface area contributed by atoms with E-state index in [1.807, 2.05) is 0 Å². The molecule has 15 heavy (non-hydrogen) atoms. The molecule has 0 aromatic heterocycles. The number of hydrogen-bond donors (Lipinski definition) is 1. The minimum atomic E-state index is -0.198. The third kappa shape index (κ3) is 1.45. The number of fused-ring (bicyclic) bond motifs is 3. The minimum Gasteiger partial charge on any atom is -0.489 e. The third-order valence-corrected chi connectivity index (χ3v) is 3.01. The van der Waals surface area contributed by atoms with Gasteiger partial charge in [0.05, 0.1) is 11.7 Å². The maximum absolute atomic E-state index is 13.2. The maximum atomic E-state index is 13.2. The molecular weight excluding hydrogens is 195 g/mol. The summed E-state index contributed by atoms with van der Waals surface area (Å²) in [5.74, 6) is 0.603. The lowest BCUT2D eigenvalue weighted by molar-refractivity contribution is 0.246. The van der Waals surface area contributed by atoms with Crippen LogP contribution in [-0.2, 0) is 0 Å². The molecule has 0 bridgehead atoms. The Morgan fingerprint density at radius 2 is 2.40 bits per heavy atom. The Morgan fingerprint density at radius 1 is 1.47 bits per heavy atom. The highest BCUT2D eigenvalue weighted by Crippen LogP contribution is 2.34. The summed E-state index contributed by atoms with van der Waals surface area (Å²) in [5.41, 5.74) is 0.896. The maximum Gasteiger partial charge on any atom is 0.142 e. The molecule has 2 heterocycles. The van der Waals surface area contributed by atoms with Crippen molar-refractivity contribution in [2.24, 2.45) is 0 Å². The van der Waals surface area contributed by atoms with Crippen LogP contribution in [0.15, 0.2) is 18.2 Å². The lowest BCUT2D eigenvalue weighted by atomic mass is 10.1. The van der Waals surface area contributed by atoms with Crippen molar-refractivity contribution in [1.82, 2.24) is 5.32 Å². The summed E-state index contributed by atoms with van der Waals surface area (Å²) in [7, 11) is 0. The Morgan fingerprint density at radius 3 is 3.33 bits per heavy atom. The van der Waals surface area contributed by atoms with Crippen LogP contribution in [0.2, 0.25) is 0 Å². The summed E-state index contributed by atoms with van der Waals surface area (Å²) in [5, 5.41) is 3.31. The van der Waals surface area contributed by atoms with Gasteiger partial charge >= 0.3 is 0 Å². The Balaban J connectivity index is 2.01. The highest BCUT2D eigenvalue weighted by atomic mass is 19.1. The summed E-state index contributed by atoms with van der Waals surface area (Å²) in [6.45, 7) is 3.47. The first-order valence-electron chi connectivity index (χ1n) is 5.24. The van der Waals surface area contributed by atoms with E-state index in [4.69, 9.17) is 4.74 Å². The van der Waals surface area contributed by atoms with E-state index < -0.39 is 0 Å². The fourth-order valence-corrected chi connectivity index (χ4v) is 2.25. The molecule has 1 fully saturated rings. The fraction of sp³-hybridized carbons (Fsp3) is 0.455. The summed E-state index contributed by atoms with van der Waals surface area (Å²) >= 11 is 0. The normalized spacial score (nSPS) is 24.1. The van der Waals surface area contributed by atoms with E-state index in [9.17, 15) is 4.39 Å². The number of nitrogens with one attached hydrogen (secondary N) is 1. The summed E-state index contributed by atoms with van der Waals surface area (Å²) in [6.07, 6.45) is 0. The van der Waals surface area contributed by atoms with Crippen molar-refractivity contribution in [1.29, 1.82) is 0 Å². The molecule has 0 radical (unpaired) electrons. The zero-order valence-corrected chi connectivity index (χ0v) is 8.37. The van der Waals surface area contributed by atoms with Gasteiger partial charge in [-0.05, 0) is 12.1 Å². The molecule has 0 amide bonds. The number of nitrogens with zero attached hydrogens (tertiary/aromatic N) is 1. The van der Waals surface area contributed by atoms with Crippen molar-refractivity contribution in [3.8, 4) is 5.75 Å². The van der Waals surface area contributed by atoms with Crippen LogP contribution < -0.4 is 15.0 Å². The molecule has 0 spiro atoms. The van der Waals surface area contributed by atoms with Gasteiger partial charge in [0.2, 0.25) is 0 Å². The molecule has 1 atom stereocenters. The smallest absolute Gasteiger partial charge is 0.142 e. The lowest BCUT2D eigenvalue weighted by Gasteiger charge is -2.41. The Bertz CT molecular complexity index is 383. The van der Waals surface area contributed by atoms with Gasteiger partial charge in [-0.3, -0.25) is 0 Å². The standard InChI is InChI=1S/C11H13FN2O/c12-8-1-2-11-10(5-8)14-4-3-13-6-9(14)7-15-11/h1-2,5,9,13H,3-4,6-7H2. The van der Waals surface area contributed by atoms with Crippen LogP contribution in [0.25, 0.3) is 0 Å². The average Bonchev–Trinajstić information content (AvgIpc) is 2.29. The summed E-state index contributed by atoms with van der Waals surface area (Å²) in [6, 6.07) is 5.06. The quantitative estimate of drug-likeness (QED) is 0.688. The van der Waals surface area contributed by atoms with E-state index >= 15 is 0 Å². The van der Waals surface area contributed by atoms with E-state index in [0.29, 0.717) is 12.6 Å². The zero-order valence-electron chi connectivity index (χ0n) is 8.37. The van der Waals surface area contributed by atoms with Crippen molar-refractivity contribution < 1.29 is 9.13 Å². The monoisotopic (exact) mass is 208 g/mol. The molecule has 1 unspecified atom stereocenters. The number of ether oxygens (including phenoxy) is 1. The third-order valence-electron chi connectivity index (χ3n) is 3.01. The van der Waals surface area contributed by atoms with Gasteiger partial charge in [0, 0.05) is 25.7 Å². The molecule has 1 saturated heterocycles. The topological polar surface area (TPSA) is 24.5 Å². The van der Waals surface area contributed by atoms with Crippen LogP contribution in [0.3, 0.4) is 0 Å². The van der Waals surface area contributed by atoms with Crippen molar-refractivity contribution in [2.45, 2.75) is 6.04 Å². The van der Waals surface area contributed by atoms with Gasteiger partial charge in [-0.2, -0.15) is 0 Å². The van der Waals surface area contributed by atoms with Crippen LogP contribution in [0, 0.1) is 5.82 Å². The average molecular weight is 208 g/mol. The molecule has 4 heteroatoms. The van der Waals surface area contributed by atoms with Crippen LogP contribution >= 0.6 is 0 Å². The van der Waals surface area contributed by atoms with Crippen LogP contribution in [0.1, 0.15) is 0 Å². The number of hydrogen-bond acceptors (Lipinski definition) is 3. The zero-order chi connectivity index (χ0) is 10.3. The molecule has 3 nitrogen and oxygen atoms in total. The van der Waals surface area contributed by atoms with E-state index in [0.717, 1.165) is 31.1 Å². The number of anilines is 1. The molecule has 2 aliphatic rings. The number of rotatable bonds is 0. The van der Waals surface area contributed by atoms with Crippen molar-refractivity contribution in [3.63, 3.8) is 0 Å². The molecule has 3 rings (SSSR count). The van der Waals surface area contributed by atoms with Gasteiger partial charge in [0.15, 0.2) is 0 Å². The van der Waals surface area contributed by atoms with E-state index in [1.165, 1.54) is 6.07 Å². The second-order valence-electron chi connectivity index (χ2n) is 3.97. The molecule has 1 N–H and O–H groups in total. The molecule has 0 aliphatic carbocycles. The lowest BCUT2D eigenvalue weighted by Crippen LogP contribution is -2.55. The van der Waals surface area contributed by atoms with Gasteiger partial charge in [-0.25, -0.2) is 4.39 Å². The number of benzene rings is 1. The SMILES string of the molecule is Fc1ccc2c(c1)N1CCNCC1CO2. The first-order valence-corrected chi connectivity index (χ1v) is 5.24. The molecular formula is C11H13FN2O. The van der Waals surface area contributed by atoms with Crippen molar-refractivity contribution >= 4 is 5.69 Å². The van der Waals surface area contributed by atoms with Gasteiger partial charge in [0.25, 0.3) is 0 Å². The van der Waals surface area contributed by atoms with Crippen LogP contribution in [0.5, 0.6) is 5.75 Å². The Kier molecular flexibility index (Phi) is 2.02. The van der Waals surface area contributed by atoms with Crippen LogP contribution in [0.4, 0.5) is 10.1 Å². The highest BCUT2D eigenvalue weighted by Gasteiger charge is 2.29. The van der Waals surface area contributed by atoms with Crippen molar-refractivity contribution in [2.75, 3.05) is 31.1 Å². The highest BCUT2D eigenvalue weighted by molar-refractivity contribution is 5.61. The first-order chi connectivity index (χ1) is 7.34. The van der Waals surface area contributed by atoms with E-state index in [1.54, 1.807) is 12.1 Å². The Hall–Kier alpha value is -1.29. The second-order valence-corrected chi connectivity index (χ2v) is 3.97. The van der Waals surface area contributed by atoms with Gasteiger partial charge in [-0.1, -0.05) is 0 Å². The number of halogens is 1. The summed E-state index contributed by atoms with van der Waals surface area (Å²) in [4.78, 5) is 2.23. The first kappa shape index (κ1) is 8.97. The van der Waals surface area contributed by atoms with Crippen LogP contribution in [-0.4, -0.2) is 32.3 Å². The summed E-state index contributed by atoms with van der Waals surface area (Å²) < 4.78 is 18.8. The molecule has 1 aromatic carbocycles. The van der Waals surface area contributed by atoms with Gasteiger partial charge < -0.3 is 15.0 Å².